The van der Waals surface area contributed by atoms with Gasteiger partial charge in [-0.15, -0.1) is 11.3 Å². The van der Waals surface area contributed by atoms with Crippen LogP contribution in [0.25, 0.3) is 0 Å². The van der Waals surface area contributed by atoms with Gasteiger partial charge in [-0.2, -0.15) is 0 Å². The summed E-state index contributed by atoms with van der Waals surface area (Å²) in [4.78, 5) is 13.1. The Bertz CT molecular complexity index is 479. The van der Waals surface area contributed by atoms with E-state index in [0.29, 0.717) is 6.54 Å². The normalized spacial score (nSPS) is 12.3. The molecule has 2 N–H and O–H groups in total. The monoisotopic (exact) mass is 390 g/mol. The zero-order valence-electron chi connectivity index (χ0n) is 14.1. The lowest BCUT2D eigenvalue weighted by atomic mass is 9.92. The van der Waals surface area contributed by atoms with Crippen LogP contribution in [0, 0.1) is 0 Å². The molecule has 0 aliphatic heterocycles. The fourth-order valence-electron chi connectivity index (χ4n) is 2.09. The number of rotatable bonds is 7. The molecule has 0 unspecified atom stereocenters. The Hall–Kier alpha value is -0.590. The number of nitrogens with one attached hydrogen (secondary N) is 2. The van der Waals surface area contributed by atoms with Gasteiger partial charge in [0.1, 0.15) is 5.60 Å². The van der Waals surface area contributed by atoms with Crippen molar-refractivity contribution in [2.45, 2.75) is 65.1 Å². The zero-order chi connectivity index (χ0) is 16.8. The number of halogens is 1. The molecule has 6 heteroatoms. The lowest BCUT2D eigenvalue weighted by Gasteiger charge is -2.33. The maximum absolute atomic E-state index is 11.8. The van der Waals surface area contributed by atoms with Gasteiger partial charge in [0.2, 0.25) is 0 Å². The number of hydrogen-bond donors (Lipinski definition) is 2. The highest BCUT2D eigenvalue weighted by molar-refractivity contribution is 9.11. The van der Waals surface area contributed by atoms with Gasteiger partial charge in [0.05, 0.1) is 3.79 Å². The molecule has 126 valence electrons. The molecule has 0 bridgehead atoms. The van der Waals surface area contributed by atoms with E-state index in [1.165, 1.54) is 4.88 Å². The van der Waals surface area contributed by atoms with E-state index in [1.807, 2.05) is 20.8 Å². The SMILES string of the molecule is CCC(CC)(CNC(=O)OC(C)(C)C)NCc1ccc(Br)s1. The lowest BCUT2D eigenvalue weighted by Crippen LogP contribution is -2.53. The fourth-order valence-corrected chi connectivity index (χ4v) is 3.51. The third kappa shape index (κ3) is 6.67. The van der Waals surface area contributed by atoms with Crippen LogP contribution in [-0.2, 0) is 11.3 Å². The van der Waals surface area contributed by atoms with Crippen LogP contribution in [0.3, 0.4) is 0 Å². The van der Waals surface area contributed by atoms with Crippen LogP contribution in [0.5, 0.6) is 0 Å². The Morgan fingerprint density at radius 3 is 2.36 bits per heavy atom. The van der Waals surface area contributed by atoms with Crippen LogP contribution < -0.4 is 10.6 Å². The smallest absolute Gasteiger partial charge is 0.407 e. The van der Waals surface area contributed by atoms with Crippen molar-refractivity contribution in [3.05, 3.63) is 20.8 Å². The van der Waals surface area contributed by atoms with Gasteiger partial charge in [-0.3, -0.25) is 0 Å². The number of thiophene rings is 1. The van der Waals surface area contributed by atoms with Gasteiger partial charge in [-0.05, 0) is 61.7 Å². The van der Waals surface area contributed by atoms with Crippen molar-refractivity contribution < 1.29 is 9.53 Å². The lowest BCUT2D eigenvalue weighted by molar-refractivity contribution is 0.0507. The number of carbonyl (C=O) groups is 1. The number of ether oxygens (including phenoxy) is 1. The molecule has 0 fully saturated rings. The number of carbonyl (C=O) groups excluding carboxylic acids is 1. The van der Waals surface area contributed by atoms with Crippen LogP contribution >= 0.6 is 27.3 Å². The van der Waals surface area contributed by atoms with E-state index in [0.717, 1.165) is 23.2 Å². The molecule has 1 rings (SSSR count). The molecule has 4 nitrogen and oxygen atoms in total. The maximum Gasteiger partial charge on any atom is 0.407 e. The summed E-state index contributed by atoms with van der Waals surface area (Å²) in [7, 11) is 0. The van der Waals surface area contributed by atoms with E-state index in [1.54, 1.807) is 11.3 Å². The number of hydrogen-bond acceptors (Lipinski definition) is 4. The van der Waals surface area contributed by atoms with Gasteiger partial charge >= 0.3 is 6.09 Å². The minimum absolute atomic E-state index is 0.118. The van der Waals surface area contributed by atoms with Gasteiger partial charge in [0, 0.05) is 23.5 Å². The summed E-state index contributed by atoms with van der Waals surface area (Å²) in [5.74, 6) is 0. The molecule has 22 heavy (non-hydrogen) atoms. The summed E-state index contributed by atoms with van der Waals surface area (Å²) in [5.41, 5.74) is -0.588. The van der Waals surface area contributed by atoms with Crippen molar-refractivity contribution in [2.75, 3.05) is 6.54 Å². The summed E-state index contributed by atoms with van der Waals surface area (Å²) in [6.07, 6.45) is 1.51. The Morgan fingerprint density at radius 2 is 1.91 bits per heavy atom. The van der Waals surface area contributed by atoms with E-state index in [4.69, 9.17) is 4.74 Å². The Morgan fingerprint density at radius 1 is 1.27 bits per heavy atom. The van der Waals surface area contributed by atoms with Crippen molar-refractivity contribution in [3.63, 3.8) is 0 Å². The van der Waals surface area contributed by atoms with E-state index in [9.17, 15) is 4.79 Å². The molecular formula is C16H27BrN2O2S. The second kappa shape index (κ2) is 8.31. The highest BCUT2D eigenvalue weighted by Crippen LogP contribution is 2.23. The standard InChI is InChI=1S/C16H27BrN2O2S/c1-6-16(7-2,11-18-14(20)21-15(3,4)5)19-10-12-8-9-13(17)22-12/h8-9,19H,6-7,10-11H2,1-5H3,(H,18,20). The van der Waals surface area contributed by atoms with E-state index in [2.05, 4.69) is 52.5 Å². The first-order valence-electron chi connectivity index (χ1n) is 7.66. The topological polar surface area (TPSA) is 50.4 Å². The van der Waals surface area contributed by atoms with Crippen LogP contribution in [0.15, 0.2) is 15.9 Å². The first-order valence-corrected chi connectivity index (χ1v) is 9.27. The Kier molecular flexibility index (Phi) is 7.35. The number of amides is 1. The first-order chi connectivity index (χ1) is 10.2. The molecule has 0 aromatic carbocycles. The van der Waals surface area contributed by atoms with Crippen molar-refractivity contribution >= 4 is 33.4 Å². The van der Waals surface area contributed by atoms with E-state index >= 15 is 0 Å². The second-order valence-corrected chi connectivity index (χ2v) is 8.95. The molecule has 0 atom stereocenters. The number of alkyl carbamates (subject to hydrolysis) is 1. The molecule has 1 amide bonds. The van der Waals surface area contributed by atoms with Gasteiger partial charge < -0.3 is 15.4 Å². The third-order valence-electron chi connectivity index (χ3n) is 3.59. The Balaban J connectivity index is 2.56. The predicted molar refractivity (Wildman–Crippen MR) is 96.4 cm³/mol. The van der Waals surface area contributed by atoms with Crippen molar-refractivity contribution in [1.29, 1.82) is 0 Å². The predicted octanol–water partition coefficient (Wildman–Crippen LogP) is 4.68. The van der Waals surface area contributed by atoms with Crippen molar-refractivity contribution in [1.82, 2.24) is 10.6 Å². The van der Waals surface area contributed by atoms with E-state index in [-0.39, 0.29) is 11.6 Å². The summed E-state index contributed by atoms with van der Waals surface area (Å²) in [6.45, 7) is 11.2. The largest absolute Gasteiger partial charge is 0.444 e. The summed E-state index contributed by atoms with van der Waals surface area (Å²) >= 11 is 5.21. The van der Waals surface area contributed by atoms with Crippen LogP contribution in [0.2, 0.25) is 0 Å². The van der Waals surface area contributed by atoms with E-state index < -0.39 is 5.60 Å². The molecular weight excluding hydrogens is 364 g/mol. The molecule has 0 saturated carbocycles. The second-order valence-electron chi connectivity index (χ2n) is 6.40. The first kappa shape index (κ1) is 19.5. The van der Waals surface area contributed by atoms with Gasteiger partial charge in [-0.1, -0.05) is 13.8 Å². The molecule has 0 saturated heterocycles. The summed E-state index contributed by atoms with van der Waals surface area (Å²) in [6, 6.07) is 4.17. The quantitative estimate of drug-likeness (QED) is 0.709. The molecule has 1 aromatic heterocycles. The highest BCUT2D eigenvalue weighted by Gasteiger charge is 2.27. The molecule has 1 aromatic rings. The van der Waals surface area contributed by atoms with Gasteiger partial charge in [0.25, 0.3) is 0 Å². The molecule has 0 radical (unpaired) electrons. The van der Waals surface area contributed by atoms with Gasteiger partial charge in [-0.25, -0.2) is 4.79 Å². The Labute approximate surface area is 146 Å². The fraction of sp³-hybridized carbons (Fsp3) is 0.688. The average Bonchev–Trinajstić information content (AvgIpc) is 2.84. The highest BCUT2D eigenvalue weighted by atomic mass is 79.9. The summed E-state index contributed by atoms with van der Waals surface area (Å²) < 4.78 is 6.44. The third-order valence-corrected chi connectivity index (χ3v) is 5.21. The summed E-state index contributed by atoms with van der Waals surface area (Å²) in [5, 5.41) is 6.49. The van der Waals surface area contributed by atoms with Crippen LogP contribution in [0.4, 0.5) is 4.79 Å². The van der Waals surface area contributed by atoms with Crippen molar-refractivity contribution in [2.24, 2.45) is 0 Å². The minimum Gasteiger partial charge on any atom is -0.444 e. The maximum atomic E-state index is 11.8. The molecule has 0 spiro atoms. The molecule has 0 aliphatic carbocycles. The molecule has 1 heterocycles. The minimum atomic E-state index is -0.470. The zero-order valence-corrected chi connectivity index (χ0v) is 16.5. The van der Waals surface area contributed by atoms with Crippen LogP contribution in [0.1, 0.15) is 52.3 Å². The van der Waals surface area contributed by atoms with Crippen molar-refractivity contribution in [3.8, 4) is 0 Å². The molecule has 0 aliphatic rings. The van der Waals surface area contributed by atoms with Crippen LogP contribution in [-0.4, -0.2) is 23.8 Å². The average molecular weight is 391 g/mol. The van der Waals surface area contributed by atoms with Gasteiger partial charge in [0.15, 0.2) is 0 Å².